The van der Waals surface area contributed by atoms with Crippen LogP contribution in [0.1, 0.15) is 13.8 Å². The molecular formula is C6H11F2N. The first kappa shape index (κ1) is 6.93. The number of rotatable bonds is 0. The summed E-state index contributed by atoms with van der Waals surface area (Å²) in [7, 11) is 1.71. The van der Waals surface area contributed by atoms with E-state index in [9.17, 15) is 8.78 Å². The van der Waals surface area contributed by atoms with Crippen LogP contribution in [-0.2, 0) is 0 Å². The summed E-state index contributed by atoms with van der Waals surface area (Å²) >= 11 is 0. The van der Waals surface area contributed by atoms with E-state index in [1.807, 2.05) is 0 Å². The third kappa shape index (κ3) is 0.674. The average molecular weight is 135 g/mol. The molecule has 3 heteroatoms. The fraction of sp³-hybridized carbons (Fsp3) is 1.00. The zero-order chi connectivity index (χ0) is 7.28. The monoisotopic (exact) mass is 135 g/mol. The van der Waals surface area contributed by atoms with E-state index >= 15 is 0 Å². The van der Waals surface area contributed by atoms with Crippen LogP contribution in [0.5, 0.6) is 0 Å². The zero-order valence-corrected chi connectivity index (χ0v) is 5.91. The molecule has 0 saturated carbocycles. The maximum Gasteiger partial charge on any atom is 0.277 e. The quantitative estimate of drug-likeness (QED) is 0.484. The number of likely N-dealkylation sites (tertiary alicyclic amines) is 1. The number of nitrogens with zero attached hydrogens (tertiary/aromatic N) is 1. The van der Waals surface area contributed by atoms with Crippen LogP contribution in [-0.4, -0.2) is 30.0 Å². The topological polar surface area (TPSA) is 3.24 Å². The highest BCUT2D eigenvalue weighted by molar-refractivity contribution is 5.05. The van der Waals surface area contributed by atoms with E-state index in [0.29, 0.717) is 0 Å². The molecule has 0 aromatic rings. The maximum absolute atomic E-state index is 12.5. The molecule has 0 aliphatic carbocycles. The summed E-state index contributed by atoms with van der Waals surface area (Å²) in [6.45, 7) is 3.01. The van der Waals surface area contributed by atoms with Gasteiger partial charge in [0.1, 0.15) is 0 Å². The Balaban J connectivity index is 2.70. The van der Waals surface area contributed by atoms with Crippen molar-refractivity contribution >= 4 is 0 Å². The number of alkyl halides is 2. The van der Waals surface area contributed by atoms with Gasteiger partial charge in [-0.05, 0) is 20.9 Å². The van der Waals surface area contributed by atoms with Crippen molar-refractivity contribution < 1.29 is 8.78 Å². The van der Waals surface area contributed by atoms with Crippen molar-refractivity contribution in [2.75, 3.05) is 13.6 Å². The molecule has 1 rings (SSSR count). The fourth-order valence-corrected chi connectivity index (χ4v) is 0.877. The lowest BCUT2D eigenvalue weighted by atomic mass is 9.85. The summed E-state index contributed by atoms with van der Waals surface area (Å²) in [6.07, 6.45) is 0. The van der Waals surface area contributed by atoms with Gasteiger partial charge in [-0.1, -0.05) is 0 Å². The maximum atomic E-state index is 12.5. The van der Waals surface area contributed by atoms with Gasteiger partial charge in [0.05, 0.1) is 12.1 Å². The fourth-order valence-electron chi connectivity index (χ4n) is 0.877. The van der Waals surface area contributed by atoms with Gasteiger partial charge in [-0.3, -0.25) is 4.90 Å². The number of halogens is 2. The van der Waals surface area contributed by atoms with Crippen molar-refractivity contribution in [3.8, 4) is 0 Å². The van der Waals surface area contributed by atoms with Crippen LogP contribution in [0, 0.1) is 0 Å². The van der Waals surface area contributed by atoms with Crippen molar-refractivity contribution in [2.45, 2.75) is 25.3 Å². The van der Waals surface area contributed by atoms with Crippen LogP contribution in [0.3, 0.4) is 0 Å². The summed E-state index contributed by atoms with van der Waals surface area (Å²) in [5, 5.41) is 0. The third-order valence-corrected chi connectivity index (χ3v) is 2.29. The minimum Gasteiger partial charge on any atom is -0.290 e. The zero-order valence-electron chi connectivity index (χ0n) is 5.91. The van der Waals surface area contributed by atoms with Gasteiger partial charge in [-0.15, -0.1) is 0 Å². The molecule has 0 amide bonds. The Kier molecular flexibility index (Phi) is 1.12. The molecule has 0 unspecified atom stereocenters. The SMILES string of the molecule is CN1CC(F)(F)C1(C)C. The van der Waals surface area contributed by atoms with E-state index in [1.54, 1.807) is 25.8 Å². The van der Waals surface area contributed by atoms with Crippen molar-refractivity contribution in [1.82, 2.24) is 4.90 Å². The van der Waals surface area contributed by atoms with E-state index in [0.717, 1.165) is 0 Å². The molecule has 54 valence electrons. The Morgan fingerprint density at radius 3 is 1.78 bits per heavy atom. The van der Waals surface area contributed by atoms with Crippen molar-refractivity contribution in [3.05, 3.63) is 0 Å². The largest absolute Gasteiger partial charge is 0.290 e. The minimum atomic E-state index is -2.48. The van der Waals surface area contributed by atoms with E-state index in [1.165, 1.54) is 0 Å². The van der Waals surface area contributed by atoms with Gasteiger partial charge in [0, 0.05) is 0 Å². The molecule has 9 heavy (non-hydrogen) atoms. The lowest BCUT2D eigenvalue weighted by Gasteiger charge is -2.52. The van der Waals surface area contributed by atoms with Gasteiger partial charge >= 0.3 is 0 Å². The summed E-state index contributed by atoms with van der Waals surface area (Å²) in [4.78, 5) is 1.65. The molecule has 0 radical (unpaired) electrons. The Morgan fingerprint density at radius 1 is 1.33 bits per heavy atom. The van der Waals surface area contributed by atoms with Crippen LogP contribution in [0.15, 0.2) is 0 Å². The summed E-state index contributed by atoms with van der Waals surface area (Å²) in [6, 6.07) is 0. The molecule has 0 atom stereocenters. The van der Waals surface area contributed by atoms with Gasteiger partial charge in [-0.2, -0.15) is 0 Å². The second kappa shape index (κ2) is 1.45. The molecular weight excluding hydrogens is 124 g/mol. The van der Waals surface area contributed by atoms with Crippen LogP contribution < -0.4 is 0 Å². The lowest BCUT2D eigenvalue weighted by Crippen LogP contribution is -2.70. The molecule has 1 fully saturated rings. The first-order valence-corrected chi connectivity index (χ1v) is 2.97. The van der Waals surface area contributed by atoms with Gasteiger partial charge in [0.15, 0.2) is 0 Å². The predicted molar refractivity (Wildman–Crippen MR) is 31.7 cm³/mol. The molecule has 1 aliphatic rings. The molecule has 1 saturated heterocycles. The minimum absolute atomic E-state index is 0.0972. The van der Waals surface area contributed by atoms with Gasteiger partial charge in [-0.25, -0.2) is 8.78 Å². The third-order valence-electron chi connectivity index (χ3n) is 2.29. The van der Waals surface area contributed by atoms with E-state index < -0.39 is 11.5 Å². The molecule has 0 N–H and O–H groups in total. The summed E-state index contributed by atoms with van der Waals surface area (Å²) in [5.74, 6) is -2.48. The van der Waals surface area contributed by atoms with Crippen molar-refractivity contribution in [3.63, 3.8) is 0 Å². The number of hydrogen-bond acceptors (Lipinski definition) is 1. The van der Waals surface area contributed by atoms with E-state index in [2.05, 4.69) is 0 Å². The molecule has 1 heterocycles. The van der Waals surface area contributed by atoms with Crippen LogP contribution in [0.4, 0.5) is 8.78 Å². The molecule has 1 aliphatic heterocycles. The van der Waals surface area contributed by atoms with Gasteiger partial charge in [0.25, 0.3) is 5.92 Å². The van der Waals surface area contributed by atoms with E-state index in [-0.39, 0.29) is 6.54 Å². The van der Waals surface area contributed by atoms with Crippen LogP contribution in [0.2, 0.25) is 0 Å². The van der Waals surface area contributed by atoms with Crippen LogP contribution in [0.25, 0.3) is 0 Å². The first-order valence-electron chi connectivity index (χ1n) is 2.97. The van der Waals surface area contributed by atoms with Crippen LogP contribution >= 0.6 is 0 Å². The molecule has 0 aromatic carbocycles. The molecule has 0 bridgehead atoms. The second-order valence-electron chi connectivity index (χ2n) is 3.12. The molecule has 0 spiro atoms. The summed E-state index contributed by atoms with van der Waals surface area (Å²) < 4.78 is 25.0. The molecule has 0 aromatic heterocycles. The summed E-state index contributed by atoms with van der Waals surface area (Å²) in [5.41, 5.74) is -0.924. The first-order chi connectivity index (χ1) is 3.88. The highest BCUT2D eigenvalue weighted by Crippen LogP contribution is 2.42. The standard InChI is InChI=1S/C6H11F2N/c1-5(2)6(7,8)4-9(5)3/h4H2,1-3H3. The highest BCUT2D eigenvalue weighted by Gasteiger charge is 2.59. The van der Waals surface area contributed by atoms with E-state index in [4.69, 9.17) is 0 Å². The van der Waals surface area contributed by atoms with Gasteiger partial charge in [0.2, 0.25) is 0 Å². The second-order valence-corrected chi connectivity index (χ2v) is 3.12. The lowest BCUT2D eigenvalue weighted by molar-refractivity contribution is -0.220. The van der Waals surface area contributed by atoms with Gasteiger partial charge < -0.3 is 0 Å². The Hall–Kier alpha value is -0.180. The molecule has 1 nitrogen and oxygen atoms in total. The predicted octanol–water partition coefficient (Wildman–Crippen LogP) is 1.35. The normalized spacial score (nSPS) is 31.7. The average Bonchev–Trinajstić information content (AvgIpc) is 1.65. The Labute approximate surface area is 53.6 Å². The Morgan fingerprint density at radius 2 is 1.78 bits per heavy atom. The van der Waals surface area contributed by atoms with Crippen molar-refractivity contribution in [2.24, 2.45) is 0 Å². The Bertz CT molecular complexity index is 131. The highest BCUT2D eigenvalue weighted by atomic mass is 19.3. The van der Waals surface area contributed by atoms with Crippen molar-refractivity contribution in [1.29, 1.82) is 0 Å². The smallest absolute Gasteiger partial charge is 0.277 e. The number of hydrogen-bond donors (Lipinski definition) is 0.